The number of hydrogen-bond acceptors (Lipinski definition) is 5. The second-order valence-electron chi connectivity index (χ2n) is 6.60. The molecule has 1 atom stereocenters. The van der Waals surface area contributed by atoms with Crippen molar-refractivity contribution < 1.29 is 19.4 Å². The summed E-state index contributed by atoms with van der Waals surface area (Å²) < 4.78 is 12.2. The van der Waals surface area contributed by atoms with Gasteiger partial charge in [0.2, 0.25) is 0 Å². The molecule has 2 aromatic rings. The zero-order valence-electron chi connectivity index (χ0n) is 15.2. The molecule has 1 N–H and O–H groups in total. The molecule has 1 aliphatic rings. The molecule has 1 aliphatic heterocycles. The topological polar surface area (TPSA) is 76.8 Å². The van der Waals surface area contributed by atoms with Gasteiger partial charge in [0.25, 0.3) is 0 Å². The molecule has 0 spiro atoms. The number of piperidine rings is 1. The fraction of sp³-hybridized carbons (Fsp3) is 0.474. The predicted molar refractivity (Wildman–Crippen MR) is 96.7 cm³/mol. The molecule has 0 amide bonds. The largest absolute Gasteiger partial charge is 0.493 e. The Morgan fingerprint density at radius 1 is 1.27 bits per heavy atom. The highest BCUT2D eigenvalue weighted by Crippen LogP contribution is 2.30. The van der Waals surface area contributed by atoms with E-state index in [1.54, 1.807) is 20.4 Å². The molecular weight excluding hydrogens is 334 g/mol. The number of likely N-dealkylation sites (tertiary alicyclic amines) is 1. The third kappa shape index (κ3) is 4.35. The average Bonchev–Trinajstić information content (AvgIpc) is 3.09. The lowest BCUT2D eigenvalue weighted by atomic mass is 9.94. The molecule has 26 heavy (non-hydrogen) atoms. The third-order valence-corrected chi connectivity index (χ3v) is 4.74. The maximum absolute atomic E-state index is 10.8. The summed E-state index contributed by atoms with van der Waals surface area (Å²) in [5.41, 5.74) is 2.16. The second-order valence-corrected chi connectivity index (χ2v) is 6.60. The van der Waals surface area contributed by atoms with E-state index in [4.69, 9.17) is 14.6 Å². The average molecular weight is 359 g/mol. The van der Waals surface area contributed by atoms with Gasteiger partial charge in [-0.1, -0.05) is 6.07 Å². The molecule has 0 unspecified atom stereocenters. The van der Waals surface area contributed by atoms with Crippen LogP contribution in [0.15, 0.2) is 30.5 Å². The van der Waals surface area contributed by atoms with Crippen LogP contribution < -0.4 is 9.47 Å². The Labute approximate surface area is 153 Å². The third-order valence-electron chi connectivity index (χ3n) is 4.74. The Morgan fingerprint density at radius 2 is 2.08 bits per heavy atom. The first-order valence-corrected chi connectivity index (χ1v) is 8.77. The fourth-order valence-electron chi connectivity index (χ4n) is 3.50. The molecule has 0 aliphatic carbocycles. The van der Waals surface area contributed by atoms with Gasteiger partial charge in [0.1, 0.15) is 6.54 Å². The maximum Gasteiger partial charge on any atom is 0.325 e. The lowest BCUT2D eigenvalue weighted by molar-refractivity contribution is -0.137. The number of methoxy groups -OCH3 is 2. The van der Waals surface area contributed by atoms with Crippen molar-refractivity contribution in [1.82, 2.24) is 14.7 Å². The quantitative estimate of drug-likeness (QED) is 0.818. The van der Waals surface area contributed by atoms with Crippen molar-refractivity contribution in [3.05, 3.63) is 41.7 Å². The lowest BCUT2D eigenvalue weighted by Gasteiger charge is -2.32. The van der Waals surface area contributed by atoms with Crippen molar-refractivity contribution >= 4 is 5.97 Å². The SMILES string of the molecule is COc1ccc(CN2CCC[C@H](c3ccn(CC(=O)O)n3)C2)cc1OC. The minimum atomic E-state index is -0.877. The molecule has 0 bridgehead atoms. The maximum atomic E-state index is 10.8. The number of carbonyl (C=O) groups is 1. The van der Waals surface area contributed by atoms with Gasteiger partial charge in [0.05, 0.1) is 19.9 Å². The zero-order chi connectivity index (χ0) is 18.5. The summed E-state index contributed by atoms with van der Waals surface area (Å²) in [7, 11) is 3.28. The van der Waals surface area contributed by atoms with E-state index >= 15 is 0 Å². The first-order chi connectivity index (χ1) is 12.6. The number of benzene rings is 1. The van der Waals surface area contributed by atoms with Crippen molar-refractivity contribution in [3.8, 4) is 11.5 Å². The first-order valence-electron chi connectivity index (χ1n) is 8.77. The Morgan fingerprint density at radius 3 is 2.81 bits per heavy atom. The number of ether oxygens (including phenoxy) is 2. The summed E-state index contributed by atoms with van der Waals surface area (Å²) in [4.78, 5) is 13.2. The zero-order valence-corrected chi connectivity index (χ0v) is 15.2. The molecule has 7 heteroatoms. The fourth-order valence-corrected chi connectivity index (χ4v) is 3.50. The van der Waals surface area contributed by atoms with E-state index in [9.17, 15) is 4.79 Å². The molecule has 1 fully saturated rings. The van der Waals surface area contributed by atoms with E-state index in [-0.39, 0.29) is 6.54 Å². The molecule has 0 saturated carbocycles. The van der Waals surface area contributed by atoms with Gasteiger partial charge in [0, 0.05) is 25.2 Å². The Balaban J connectivity index is 1.65. The van der Waals surface area contributed by atoms with Crippen molar-refractivity contribution in [2.75, 3.05) is 27.3 Å². The summed E-state index contributed by atoms with van der Waals surface area (Å²) in [6.07, 6.45) is 3.92. The summed E-state index contributed by atoms with van der Waals surface area (Å²) in [6.45, 7) is 2.70. The van der Waals surface area contributed by atoms with Crippen LogP contribution in [0.4, 0.5) is 0 Å². The van der Waals surface area contributed by atoms with Gasteiger partial charge in [0.15, 0.2) is 11.5 Å². The van der Waals surface area contributed by atoms with Crippen molar-refractivity contribution in [2.45, 2.75) is 31.8 Å². The van der Waals surface area contributed by atoms with E-state index < -0.39 is 5.97 Å². The van der Waals surface area contributed by atoms with Gasteiger partial charge < -0.3 is 14.6 Å². The highest BCUT2D eigenvalue weighted by Gasteiger charge is 2.23. The summed E-state index contributed by atoms with van der Waals surface area (Å²) >= 11 is 0. The number of rotatable bonds is 7. The van der Waals surface area contributed by atoms with Gasteiger partial charge in [-0.3, -0.25) is 14.4 Å². The number of carboxylic acids is 1. The monoisotopic (exact) mass is 359 g/mol. The van der Waals surface area contributed by atoms with Gasteiger partial charge in [-0.2, -0.15) is 5.10 Å². The van der Waals surface area contributed by atoms with Crippen LogP contribution in [0.1, 0.15) is 30.0 Å². The van der Waals surface area contributed by atoms with Gasteiger partial charge in [-0.15, -0.1) is 0 Å². The minimum Gasteiger partial charge on any atom is -0.493 e. The van der Waals surface area contributed by atoms with Crippen LogP contribution in [0.25, 0.3) is 0 Å². The molecule has 1 aromatic carbocycles. The highest BCUT2D eigenvalue weighted by molar-refractivity contribution is 5.66. The summed E-state index contributed by atoms with van der Waals surface area (Å²) in [5.74, 6) is 0.931. The number of aromatic nitrogens is 2. The Bertz CT molecular complexity index is 759. The lowest BCUT2D eigenvalue weighted by Crippen LogP contribution is -2.34. The summed E-state index contributed by atoms with van der Waals surface area (Å²) in [5, 5.41) is 13.3. The number of nitrogens with zero attached hydrogens (tertiary/aromatic N) is 3. The van der Waals surface area contributed by atoms with E-state index in [0.29, 0.717) is 5.92 Å². The smallest absolute Gasteiger partial charge is 0.325 e. The van der Waals surface area contributed by atoms with Crippen LogP contribution in [-0.4, -0.2) is 53.1 Å². The van der Waals surface area contributed by atoms with Crippen molar-refractivity contribution in [2.24, 2.45) is 0 Å². The molecule has 1 saturated heterocycles. The van der Waals surface area contributed by atoms with Gasteiger partial charge in [-0.25, -0.2) is 0 Å². The van der Waals surface area contributed by atoms with Crippen LogP contribution in [0.3, 0.4) is 0 Å². The molecule has 2 heterocycles. The molecule has 7 nitrogen and oxygen atoms in total. The van der Waals surface area contributed by atoms with Crippen molar-refractivity contribution in [1.29, 1.82) is 0 Å². The molecule has 3 rings (SSSR count). The van der Waals surface area contributed by atoms with Gasteiger partial charge in [-0.05, 0) is 43.1 Å². The van der Waals surface area contributed by atoms with Crippen molar-refractivity contribution in [3.63, 3.8) is 0 Å². The predicted octanol–water partition coefficient (Wildman–Crippen LogP) is 2.36. The van der Waals surface area contributed by atoms with Crippen LogP contribution >= 0.6 is 0 Å². The first kappa shape index (κ1) is 18.3. The summed E-state index contributed by atoms with van der Waals surface area (Å²) in [6, 6.07) is 7.95. The molecule has 140 valence electrons. The number of hydrogen-bond donors (Lipinski definition) is 1. The number of carboxylic acid groups (broad SMARTS) is 1. The van der Waals surface area contributed by atoms with E-state index in [1.807, 2.05) is 18.2 Å². The highest BCUT2D eigenvalue weighted by atomic mass is 16.5. The van der Waals surface area contributed by atoms with E-state index in [1.165, 1.54) is 10.2 Å². The molecule has 1 aromatic heterocycles. The normalized spacial score (nSPS) is 17.8. The van der Waals surface area contributed by atoms with Crippen LogP contribution in [0.2, 0.25) is 0 Å². The Kier molecular flexibility index (Phi) is 5.78. The van der Waals surface area contributed by atoms with Crippen LogP contribution in [0.5, 0.6) is 11.5 Å². The minimum absolute atomic E-state index is 0.0952. The van der Waals surface area contributed by atoms with E-state index in [0.717, 1.165) is 49.7 Å². The molecular formula is C19H25N3O4. The standard InChI is InChI=1S/C19H25N3O4/c1-25-17-6-5-14(10-18(17)26-2)11-21-8-3-4-15(12-21)16-7-9-22(20-16)13-19(23)24/h5-7,9-10,15H,3-4,8,11-13H2,1-2H3,(H,23,24)/t15-/m0/s1. The Hall–Kier alpha value is -2.54. The van der Waals surface area contributed by atoms with Crippen LogP contribution in [-0.2, 0) is 17.9 Å². The molecule has 0 radical (unpaired) electrons. The van der Waals surface area contributed by atoms with E-state index in [2.05, 4.69) is 16.1 Å². The second kappa shape index (κ2) is 8.23. The van der Waals surface area contributed by atoms with Gasteiger partial charge >= 0.3 is 5.97 Å². The van der Waals surface area contributed by atoms with Crippen LogP contribution in [0, 0.1) is 0 Å². The number of aliphatic carboxylic acids is 1.